The molecule has 13 heavy (non-hydrogen) atoms. The van der Waals surface area contributed by atoms with E-state index in [0.717, 1.165) is 0 Å². The number of amides is 1. The van der Waals surface area contributed by atoms with Crippen molar-refractivity contribution in [1.82, 2.24) is 0 Å². The maximum atomic E-state index is 12.9. The van der Waals surface area contributed by atoms with Gasteiger partial charge in [0.05, 0.1) is 5.69 Å². The second kappa shape index (κ2) is 4.34. The van der Waals surface area contributed by atoms with Gasteiger partial charge in [-0.25, -0.2) is 4.39 Å². The molecule has 5 heteroatoms. The lowest BCUT2D eigenvalue weighted by atomic mass is 10.3. The van der Waals surface area contributed by atoms with Crippen LogP contribution in [0.4, 0.5) is 10.1 Å². The lowest BCUT2D eigenvalue weighted by molar-refractivity contribution is -0.118. The van der Waals surface area contributed by atoms with E-state index in [1.54, 1.807) is 0 Å². The highest BCUT2D eigenvalue weighted by Gasteiger charge is 2.05. The monoisotopic (exact) mass is 247 g/mol. The van der Waals surface area contributed by atoms with Crippen LogP contribution in [0.2, 0.25) is 0 Å². The Kier molecular flexibility index (Phi) is 3.39. The van der Waals surface area contributed by atoms with Crippen molar-refractivity contribution in [2.24, 2.45) is 0 Å². The number of aliphatic hydroxyl groups is 1. The van der Waals surface area contributed by atoms with Gasteiger partial charge in [0.2, 0.25) is 5.91 Å². The minimum absolute atomic E-state index is 0.0495. The van der Waals surface area contributed by atoms with Gasteiger partial charge in [-0.05, 0) is 18.2 Å². The molecule has 1 aromatic rings. The second-order valence-electron chi connectivity index (χ2n) is 2.33. The Hall–Kier alpha value is -0.940. The minimum atomic E-state index is -0.661. The van der Waals surface area contributed by atoms with Crippen LogP contribution in [0.15, 0.2) is 22.7 Å². The maximum Gasteiger partial charge on any atom is 0.250 e. The summed E-state index contributed by atoms with van der Waals surface area (Å²) in [5, 5.41) is 10.6. The third kappa shape index (κ3) is 2.78. The van der Waals surface area contributed by atoms with Gasteiger partial charge in [-0.1, -0.05) is 15.9 Å². The summed E-state index contributed by atoms with van der Waals surface area (Å²) in [7, 11) is 0. The van der Waals surface area contributed by atoms with E-state index < -0.39 is 18.3 Å². The molecule has 1 rings (SSSR count). The lowest BCUT2D eigenvalue weighted by Gasteiger charge is -2.04. The number of benzene rings is 1. The Bertz CT molecular complexity index is 330. The van der Waals surface area contributed by atoms with Crippen molar-refractivity contribution in [3.8, 4) is 0 Å². The van der Waals surface area contributed by atoms with E-state index in [0.29, 0.717) is 4.47 Å². The summed E-state index contributed by atoms with van der Waals surface area (Å²) < 4.78 is 13.6. The van der Waals surface area contributed by atoms with Crippen LogP contribution in [0.5, 0.6) is 0 Å². The molecule has 70 valence electrons. The molecule has 0 saturated heterocycles. The molecule has 0 fully saturated rings. The zero-order valence-electron chi connectivity index (χ0n) is 6.55. The first-order valence-electron chi connectivity index (χ1n) is 3.49. The quantitative estimate of drug-likeness (QED) is 0.833. The highest BCUT2D eigenvalue weighted by Crippen LogP contribution is 2.19. The molecule has 0 radical (unpaired) electrons. The number of anilines is 1. The second-order valence-corrected chi connectivity index (χ2v) is 3.25. The molecule has 0 aromatic heterocycles. The van der Waals surface area contributed by atoms with Crippen LogP contribution >= 0.6 is 15.9 Å². The molecule has 0 spiro atoms. The van der Waals surface area contributed by atoms with Crippen LogP contribution in [0.25, 0.3) is 0 Å². The smallest absolute Gasteiger partial charge is 0.250 e. The first-order chi connectivity index (χ1) is 6.13. The van der Waals surface area contributed by atoms with E-state index in [4.69, 9.17) is 5.11 Å². The van der Waals surface area contributed by atoms with Gasteiger partial charge in [0, 0.05) is 4.47 Å². The van der Waals surface area contributed by atoms with Gasteiger partial charge >= 0.3 is 0 Å². The van der Waals surface area contributed by atoms with Crippen LogP contribution in [0.1, 0.15) is 0 Å². The number of aliphatic hydroxyl groups excluding tert-OH is 1. The number of rotatable bonds is 2. The first-order valence-corrected chi connectivity index (χ1v) is 4.28. The van der Waals surface area contributed by atoms with Crippen LogP contribution in [0.3, 0.4) is 0 Å². The van der Waals surface area contributed by atoms with Crippen molar-refractivity contribution in [1.29, 1.82) is 0 Å². The van der Waals surface area contributed by atoms with Crippen molar-refractivity contribution in [3.63, 3.8) is 0 Å². The van der Waals surface area contributed by atoms with Crippen LogP contribution in [0, 0.1) is 5.82 Å². The third-order valence-corrected chi connectivity index (χ3v) is 1.84. The molecular formula is C8H7BrFNO2. The maximum absolute atomic E-state index is 12.9. The number of hydrogen-bond acceptors (Lipinski definition) is 2. The molecule has 0 aliphatic carbocycles. The molecule has 0 aliphatic rings. The highest BCUT2D eigenvalue weighted by molar-refractivity contribution is 9.10. The van der Waals surface area contributed by atoms with E-state index in [9.17, 15) is 9.18 Å². The molecular weight excluding hydrogens is 241 g/mol. The van der Waals surface area contributed by atoms with Crippen molar-refractivity contribution in [3.05, 3.63) is 28.5 Å². The predicted octanol–water partition coefficient (Wildman–Crippen LogP) is 1.52. The molecule has 1 amide bonds. The van der Waals surface area contributed by atoms with Gasteiger partial charge < -0.3 is 10.4 Å². The van der Waals surface area contributed by atoms with Crippen LogP contribution in [-0.4, -0.2) is 17.6 Å². The number of hydrogen-bond donors (Lipinski definition) is 2. The Morgan fingerprint density at radius 3 is 2.92 bits per heavy atom. The Morgan fingerprint density at radius 2 is 2.31 bits per heavy atom. The number of nitrogens with one attached hydrogen (secondary N) is 1. The van der Waals surface area contributed by atoms with E-state index in [1.807, 2.05) is 0 Å². The normalized spacial score (nSPS) is 9.77. The van der Waals surface area contributed by atoms with Gasteiger partial charge in [0.1, 0.15) is 12.4 Å². The Balaban J connectivity index is 2.87. The summed E-state index contributed by atoms with van der Waals surface area (Å²) in [6.45, 7) is -0.661. The first kappa shape index (κ1) is 10.1. The molecule has 0 aliphatic heterocycles. The summed E-state index contributed by atoms with van der Waals surface area (Å²) >= 11 is 3.13. The Morgan fingerprint density at radius 1 is 1.62 bits per heavy atom. The van der Waals surface area contributed by atoms with Gasteiger partial charge in [0.25, 0.3) is 0 Å². The summed E-state index contributed by atoms with van der Waals surface area (Å²) in [5.41, 5.74) is 0.0495. The molecule has 0 atom stereocenters. The zero-order valence-corrected chi connectivity index (χ0v) is 8.14. The summed E-state index contributed by atoms with van der Waals surface area (Å²) in [6.07, 6.45) is 0. The molecule has 2 N–H and O–H groups in total. The van der Waals surface area contributed by atoms with E-state index in [1.165, 1.54) is 18.2 Å². The van der Waals surface area contributed by atoms with Crippen molar-refractivity contribution in [2.45, 2.75) is 0 Å². The third-order valence-electron chi connectivity index (χ3n) is 1.35. The standard InChI is InChI=1S/C8H7BrFNO2/c9-5-1-2-6(10)7(3-5)11-8(13)4-12/h1-3,12H,4H2,(H,11,13). The molecule has 0 bridgehead atoms. The van der Waals surface area contributed by atoms with Crippen molar-refractivity contribution >= 4 is 27.5 Å². The van der Waals surface area contributed by atoms with Gasteiger partial charge in [-0.15, -0.1) is 0 Å². The number of carbonyl (C=O) groups excluding carboxylic acids is 1. The largest absolute Gasteiger partial charge is 0.387 e. The highest BCUT2D eigenvalue weighted by atomic mass is 79.9. The fraction of sp³-hybridized carbons (Fsp3) is 0.125. The van der Waals surface area contributed by atoms with Crippen molar-refractivity contribution in [2.75, 3.05) is 11.9 Å². The zero-order chi connectivity index (χ0) is 9.84. The van der Waals surface area contributed by atoms with Crippen LogP contribution < -0.4 is 5.32 Å². The van der Waals surface area contributed by atoms with Crippen molar-refractivity contribution < 1.29 is 14.3 Å². The number of carbonyl (C=O) groups is 1. The summed E-state index contributed by atoms with van der Waals surface area (Å²) in [5.74, 6) is -1.18. The van der Waals surface area contributed by atoms with Gasteiger partial charge in [-0.3, -0.25) is 4.79 Å². The Labute approximate surface area is 82.7 Å². The van der Waals surface area contributed by atoms with E-state index >= 15 is 0 Å². The minimum Gasteiger partial charge on any atom is -0.387 e. The predicted molar refractivity (Wildman–Crippen MR) is 49.8 cm³/mol. The SMILES string of the molecule is O=C(CO)Nc1cc(Br)ccc1F. The summed E-state index contributed by atoms with van der Waals surface area (Å²) in [6, 6.07) is 4.16. The number of halogens is 2. The molecule has 0 unspecified atom stereocenters. The summed E-state index contributed by atoms with van der Waals surface area (Å²) in [4.78, 5) is 10.7. The molecule has 1 aromatic carbocycles. The average molecular weight is 248 g/mol. The van der Waals surface area contributed by atoms with Crippen LogP contribution in [-0.2, 0) is 4.79 Å². The molecule has 3 nitrogen and oxygen atoms in total. The molecule has 0 saturated carbocycles. The van der Waals surface area contributed by atoms with E-state index in [-0.39, 0.29) is 5.69 Å². The topological polar surface area (TPSA) is 49.3 Å². The van der Waals surface area contributed by atoms with Gasteiger partial charge in [-0.2, -0.15) is 0 Å². The fourth-order valence-electron chi connectivity index (χ4n) is 0.783. The van der Waals surface area contributed by atoms with Gasteiger partial charge in [0.15, 0.2) is 0 Å². The lowest BCUT2D eigenvalue weighted by Crippen LogP contribution is -2.16. The fourth-order valence-corrected chi connectivity index (χ4v) is 1.14. The van der Waals surface area contributed by atoms with E-state index in [2.05, 4.69) is 21.2 Å². The average Bonchev–Trinajstić information content (AvgIpc) is 2.11. The molecule has 0 heterocycles.